The first-order chi connectivity index (χ1) is 10.2. The van der Waals surface area contributed by atoms with Crippen LogP contribution in [0.2, 0.25) is 0 Å². The second-order valence-corrected chi connectivity index (χ2v) is 6.11. The molecule has 4 nitrogen and oxygen atoms in total. The number of nitrogens with one attached hydrogen (secondary N) is 1. The van der Waals surface area contributed by atoms with Crippen molar-refractivity contribution in [1.82, 2.24) is 10.2 Å². The standard InChI is InChI=1S/C17H22N2O2/c1-2-3-9-15-16(20)19(17(21)18-15)11-13-10-14(13)12-7-5-4-6-8-12/h4-8,13-15H,2-3,9-11H2,1H3,(H,18,21)/t13-,14-,15-/m0/s1. The van der Waals surface area contributed by atoms with Gasteiger partial charge in [-0.3, -0.25) is 9.69 Å². The minimum atomic E-state index is -0.300. The van der Waals surface area contributed by atoms with Crippen LogP contribution < -0.4 is 5.32 Å². The van der Waals surface area contributed by atoms with Crippen LogP contribution in [0.3, 0.4) is 0 Å². The number of benzene rings is 1. The smallest absolute Gasteiger partial charge is 0.324 e. The molecule has 4 heteroatoms. The van der Waals surface area contributed by atoms with Crippen molar-refractivity contribution >= 4 is 11.9 Å². The van der Waals surface area contributed by atoms with Gasteiger partial charge in [0.2, 0.25) is 0 Å². The lowest BCUT2D eigenvalue weighted by Crippen LogP contribution is -2.33. The number of amides is 3. The molecule has 0 spiro atoms. The molecule has 1 aliphatic carbocycles. The fourth-order valence-corrected chi connectivity index (χ4v) is 3.15. The Labute approximate surface area is 125 Å². The Bertz CT molecular complexity index is 529. The number of hydrogen-bond acceptors (Lipinski definition) is 2. The van der Waals surface area contributed by atoms with Crippen molar-refractivity contribution < 1.29 is 9.59 Å². The number of nitrogens with zero attached hydrogens (tertiary/aromatic N) is 1. The number of carbonyl (C=O) groups excluding carboxylic acids is 2. The first-order valence-electron chi connectivity index (χ1n) is 7.87. The molecule has 2 aliphatic rings. The van der Waals surface area contributed by atoms with Gasteiger partial charge in [0, 0.05) is 6.54 Å². The van der Waals surface area contributed by atoms with Crippen LogP contribution in [0.25, 0.3) is 0 Å². The van der Waals surface area contributed by atoms with Gasteiger partial charge in [-0.1, -0.05) is 50.1 Å². The summed E-state index contributed by atoms with van der Waals surface area (Å²) in [6, 6.07) is 9.84. The maximum absolute atomic E-state index is 12.3. The van der Waals surface area contributed by atoms with E-state index in [1.165, 1.54) is 10.5 Å². The minimum Gasteiger partial charge on any atom is -0.326 e. The van der Waals surface area contributed by atoms with Crippen LogP contribution in [0.15, 0.2) is 30.3 Å². The van der Waals surface area contributed by atoms with Crippen molar-refractivity contribution in [3.8, 4) is 0 Å². The van der Waals surface area contributed by atoms with Crippen molar-refractivity contribution in [3.63, 3.8) is 0 Å². The molecule has 3 rings (SSSR count). The van der Waals surface area contributed by atoms with Crippen LogP contribution in [0.5, 0.6) is 0 Å². The Balaban J connectivity index is 1.57. The lowest BCUT2D eigenvalue weighted by Gasteiger charge is -2.12. The monoisotopic (exact) mass is 286 g/mol. The summed E-state index contributed by atoms with van der Waals surface area (Å²) in [4.78, 5) is 25.7. The van der Waals surface area contributed by atoms with E-state index in [0.29, 0.717) is 18.4 Å². The number of rotatable bonds is 6. The highest BCUT2D eigenvalue weighted by Gasteiger charge is 2.45. The van der Waals surface area contributed by atoms with Crippen LogP contribution in [0.1, 0.15) is 44.1 Å². The highest BCUT2D eigenvalue weighted by atomic mass is 16.2. The molecule has 0 bridgehead atoms. The van der Waals surface area contributed by atoms with E-state index in [0.717, 1.165) is 25.7 Å². The van der Waals surface area contributed by atoms with Gasteiger partial charge in [-0.05, 0) is 30.2 Å². The summed E-state index contributed by atoms with van der Waals surface area (Å²) in [5.74, 6) is 0.890. The molecule has 21 heavy (non-hydrogen) atoms. The molecule has 1 saturated carbocycles. The van der Waals surface area contributed by atoms with Crippen molar-refractivity contribution in [1.29, 1.82) is 0 Å². The molecular weight excluding hydrogens is 264 g/mol. The highest BCUT2D eigenvalue weighted by molar-refractivity contribution is 6.04. The maximum atomic E-state index is 12.3. The molecule has 2 fully saturated rings. The third-order valence-electron chi connectivity index (χ3n) is 4.52. The third-order valence-corrected chi connectivity index (χ3v) is 4.52. The van der Waals surface area contributed by atoms with E-state index in [-0.39, 0.29) is 18.0 Å². The van der Waals surface area contributed by atoms with Crippen molar-refractivity contribution in [2.45, 2.75) is 44.6 Å². The topological polar surface area (TPSA) is 49.4 Å². The highest BCUT2D eigenvalue weighted by Crippen LogP contribution is 2.47. The van der Waals surface area contributed by atoms with Gasteiger partial charge < -0.3 is 5.32 Å². The summed E-state index contributed by atoms with van der Waals surface area (Å²) < 4.78 is 0. The normalized spacial score (nSPS) is 27.9. The molecular formula is C17H22N2O2. The Morgan fingerprint density at radius 2 is 2.00 bits per heavy atom. The van der Waals surface area contributed by atoms with E-state index >= 15 is 0 Å². The van der Waals surface area contributed by atoms with Gasteiger partial charge in [0.25, 0.3) is 5.91 Å². The molecule has 1 N–H and O–H groups in total. The molecule has 0 unspecified atom stereocenters. The zero-order valence-electron chi connectivity index (χ0n) is 12.4. The molecule has 0 aromatic heterocycles. The second-order valence-electron chi connectivity index (χ2n) is 6.11. The number of urea groups is 1. The second kappa shape index (κ2) is 5.88. The number of unbranched alkanes of at least 4 members (excludes halogenated alkanes) is 1. The number of carbonyl (C=O) groups is 2. The summed E-state index contributed by atoms with van der Waals surface area (Å²) in [7, 11) is 0. The van der Waals surface area contributed by atoms with Gasteiger partial charge in [0.15, 0.2) is 0 Å². The zero-order chi connectivity index (χ0) is 14.8. The summed E-state index contributed by atoms with van der Waals surface area (Å²) in [5, 5.41) is 2.81. The number of imide groups is 1. The van der Waals surface area contributed by atoms with Crippen molar-refractivity contribution in [2.75, 3.05) is 6.54 Å². The van der Waals surface area contributed by atoms with Crippen LogP contribution >= 0.6 is 0 Å². The predicted octanol–water partition coefficient (Wildman–Crippen LogP) is 2.90. The summed E-state index contributed by atoms with van der Waals surface area (Å²) in [6.07, 6.45) is 3.84. The van der Waals surface area contributed by atoms with Gasteiger partial charge in [0.05, 0.1) is 0 Å². The van der Waals surface area contributed by atoms with Gasteiger partial charge in [-0.2, -0.15) is 0 Å². The predicted molar refractivity (Wildman–Crippen MR) is 80.8 cm³/mol. The van der Waals surface area contributed by atoms with E-state index in [2.05, 4.69) is 24.4 Å². The minimum absolute atomic E-state index is 0.0350. The summed E-state index contributed by atoms with van der Waals surface area (Å²) in [5.41, 5.74) is 1.32. The Kier molecular flexibility index (Phi) is 3.95. The lowest BCUT2D eigenvalue weighted by molar-refractivity contribution is -0.127. The molecule has 1 aliphatic heterocycles. The average molecular weight is 286 g/mol. The average Bonchev–Trinajstić information content (AvgIpc) is 3.23. The van der Waals surface area contributed by atoms with Crippen LogP contribution in [-0.2, 0) is 4.79 Å². The molecule has 112 valence electrons. The van der Waals surface area contributed by atoms with Crippen molar-refractivity contribution in [3.05, 3.63) is 35.9 Å². The van der Waals surface area contributed by atoms with Gasteiger partial charge >= 0.3 is 6.03 Å². The Hall–Kier alpha value is -1.84. The maximum Gasteiger partial charge on any atom is 0.324 e. The zero-order valence-corrected chi connectivity index (χ0v) is 12.4. The first kappa shape index (κ1) is 14.1. The van der Waals surface area contributed by atoms with Crippen LogP contribution in [0.4, 0.5) is 4.79 Å². The lowest BCUT2D eigenvalue weighted by atomic mass is 10.1. The summed E-state index contributed by atoms with van der Waals surface area (Å²) in [6.45, 7) is 2.65. The van der Waals surface area contributed by atoms with Crippen molar-refractivity contribution in [2.24, 2.45) is 5.92 Å². The SMILES string of the molecule is CCCC[C@@H]1NC(=O)N(C[C@@H]2C[C@H]2c2ccccc2)C1=O. The molecule has 0 radical (unpaired) electrons. The Morgan fingerprint density at radius 3 is 2.71 bits per heavy atom. The molecule has 3 atom stereocenters. The third kappa shape index (κ3) is 2.94. The van der Waals surface area contributed by atoms with E-state index in [4.69, 9.17) is 0 Å². The first-order valence-corrected chi connectivity index (χ1v) is 7.87. The molecule has 1 saturated heterocycles. The van der Waals surface area contributed by atoms with E-state index in [9.17, 15) is 9.59 Å². The van der Waals surface area contributed by atoms with Gasteiger partial charge in [-0.15, -0.1) is 0 Å². The molecule has 3 amide bonds. The summed E-state index contributed by atoms with van der Waals surface area (Å²) >= 11 is 0. The Morgan fingerprint density at radius 1 is 1.24 bits per heavy atom. The van der Waals surface area contributed by atoms with Crippen LogP contribution in [0, 0.1) is 5.92 Å². The largest absolute Gasteiger partial charge is 0.326 e. The van der Waals surface area contributed by atoms with E-state index in [1.54, 1.807) is 0 Å². The van der Waals surface area contributed by atoms with E-state index < -0.39 is 0 Å². The fourth-order valence-electron chi connectivity index (χ4n) is 3.15. The molecule has 1 aromatic rings. The van der Waals surface area contributed by atoms with E-state index in [1.807, 2.05) is 18.2 Å². The molecule has 1 aromatic carbocycles. The van der Waals surface area contributed by atoms with Gasteiger partial charge in [0.1, 0.15) is 6.04 Å². The fraction of sp³-hybridized carbons (Fsp3) is 0.529. The number of hydrogen-bond donors (Lipinski definition) is 1. The van der Waals surface area contributed by atoms with Gasteiger partial charge in [-0.25, -0.2) is 4.79 Å². The molecule has 1 heterocycles. The quantitative estimate of drug-likeness (QED) is 0.817. The van der Waals surface area contributed by atoms with Crippen LogP contribution in [-0.4, -0.2) is 29.4 Å².